The number of hydrogen-bond acceptors (Lipinski definition) is 7. The fourth-order valence-corrected chi connectivity index (χ4v) is 2.28. The predicted octanol–water partition coefficient (Wildman–Crippen LogP) is -2.35. The van der Waals surface area contributed by atoms with Crippen LogP contribution in [0, 0.1) is 5.92 Å². The van der Waals surface area contributed by atoms with Crippen LogP contribution in [0.1, 0.15) is 40.0 Å². The normalized spacial score (nSPS) is 15.2. The Kier molecular flexibility index (Phi) is 12.0. The van der Waals surface area contributed by atoms with E-state index in [1.807, 2.05) is 0 Å². The first-order valence-corrected chi connectivity index (χ1v) is 9.25. The number of aliphatic carboxylic acids is 1. The number of unbranched alkanes of at least 4 members (excludes halogenated alkanes) is 1. The molecule has 11 heteroatoms. The largest absolute Gasteiger partial charge is 0.480 e. The number of amides is 3. The first-order valence-electron chi connectivity index (χ1n) is 9.25. The molecule has 0 bridgehead atoms. The molecule has 4 unspecified atom stereocenters. The highest BCUT2D eigenvalue weighted by Gasteiger charge is 2.28. The molecule has 0 saturated carbocycles. The van der Waals surface area contributed by atoms with Gasteiger partial charge in [-0.15, -0.1) is 0 Å². The number of hydrogen-bond donors (Lipinski definition) is 7. The number of aliphatic hydroxyl groups is 1. The summed E-state index contributed by atoms with van der Waals surface area (Å²) >= 11 is 0. The van der Waals surface area contributed by atoms with Gasteiger partial charge in [0.05, 0.1) is 12.6 Å². The van der Waals surface area contributed by atoms with Crippen molar-refractivity contribution in [1.82, 2.24) is 16.0 Å². The van der Waals surface area contributed by atoms with Gasteiger partial charge in [-0.05, 0) is 38.6 Å². The summed E-state index contributed by atoms with van der Waals surface area (Å²) in [7, 11) is 0. The first kappa shape index (κ1) is 25.8. The molecule has 0 aliphatic carbocycles. The number of aliphatic hydroxyl groups excluding tert-OH is 1. The second-order valence-electron chi connectivity index (χ2n) is 6.96. The highest BCUT2D eigenvalue weighted by Crippen LogP contribution is 2.06. The van der Waals surface area contributed by atoms with Gasteiger partial charge in [-0.1, -0.05) is 13.8 Å². The monoisotopic (exact) mass is 403 g/mol. The molecule has 3 amide bonds. The van der Waals surface area contributed by atoms with E-state index in [9.17, 15) is 29.4 Å². The lowest BCUT2D eigenvalue weighted by atomic mass is 10.0. The minimum atomic E-state index is -1.18. The van der Waals surface area contributed by atoms with Gasteiger partial charge in [-0.2, -0.15) is 0 Å². The van der Waals surface area contributed by atoms with E-state index in [1.54, 1.807) is 13.8 Å². The van der Waals surface area contributed by atoms with E-state index in [2.05, 4.69) is 16.0 Å². The average Bonchev–Trinajstić information content (AvgIpc) is 2.61. The topological polar surface area (TPSA) is 197 Å². The van der Waals surface area contributed by atoms with Crippen LogP contribution in [-0.4, -0.2) is 71.2 Å². The maximum Gasteiger partial charge on any atom is 0.326 e. The van der Waals surface area contributed by atoms with E-state index < -0.39 is 54.5 Å². The number of nitrogens with one attached hydrogen (secondary N) is 3. The van der Waals surface area contributed by atoms with Crippen molar-refractivity contribution in [3.8, 4) is 0 Å². The zero-order valence-corrected chi connectivity index (χ0v) is 16.6. The molecular weight excluding hydrogens is 370 g/mol. The minimum absolute atomic E-state index is 0.227. The fraction of sp³-hybridized carbons (Fsp3) is 0.765. The quantitative estimate of drug-likeness (QED) is 0.166. The van der Waals surface area contributed by atoms with E-state index in [-0.39, 0.29) is 12.3 Å². The molecule has 0 heterocycles. The van der Waals surface area contributed by atoms with Gasteiger partial charge < -0.3 is 37.6 Å². The molecule has 28 heavy (non-hydrogen) atoms. The molecule has 0 saturated heterocycles. The summed E-state index contributed by atoms with van der Waals surface area (Å²) < 4.78 is 0. The second kappa shape index (κ2) is 13.0. The summed E-state index contributed by atoms with van der Waals surface area (Å²) in [5.74, 6) is -3.47. The molecule has 0 radical (unpaired) electrons. The van der Waals surface area contributed by atoms with Gasteiger partial charge in [-0.25, -0.2) is 4.79 Å². The Morgan fingerprint density at radius 2 is 1.61 bits per heavy atom. The van der Waals surface area contributed by atoms with Crippen LogP contribution < -0.4 is 27.4 Å². The van der Waals surface area contributed by atoms with Crippen LogP contribution in [0.5, 0.6) is 0 Å². The smallest absolute Gasteiger partial charge is 0.326 e. The predicted molar refractivity (Wildman–Crippen MR) is 102 cm³/mol. The lowest BCUT2D eigenvalue weighted by Gasteiger charge is -2.24. The summed E-state index contributed by atoms with van der Waals surface area (Å²) in [6, 6.07) is -3.24. The van der Waals surface area contributed by atoms with E-state index in [0.29, 0.717) is 19.4 Å². The standard InChI is InChI=1S/C17H33N5O6/c1-9(2)14(16(26)21-11(17(27)28)6-4-5-7-18)22-12(24)8-20-15(25)13(19)10(3)23/h9-11,13-14,23H,4-8,18-19H2,1-3H3,(H,20,25)(H,21,26)(H,22,24)(H,27,28). The highest BCUT2D eigenvalue weighted by atomic mass is 16.4. The van der Waals surface area contributed by atoms with Crippen LogP contribution in [0.2, 0.25) is 0 Å². The number of carboxylic acids is 1. The Balaban J connectivity index is 4.78. The molecule has 0 aromatic carbocycles. The van der Waals surface area contributed by atoms with Gasteiger partial charge in [0.25, 0.3) is 0 Å². The Morgan fingerprint density at radius 1 is 1.00 bits per heavy atom. The zero-order valence-electron chi connectivity index (χ0n) is 16.6. The molecule has 0 aromatic rings. The van der Waals surface area contributed by atoms with E-state index in [0.717, 1.165) is 0 Å². The van der Waals surface area contributed by atoms with Gasteiger partial charge in [0.2, 0.25) is 17.7 Å². The van der Waals surface area contributed by atoms with Crippen LogP contribution in [-0.2, 0) is 19.2 Å². The van der Waals surface area contributed by atoms with Gasteiger partial charge >= 0.3 is 5.97 Å². The van der Waals surface area contributed by atoms with Crippen molar-refractivity contribution in [2.75, 3.05) is 13.1 Å². The number of carbonyl (C=O) groups excluding carboxylic acids is 3. The van der Waals surface area contributed by atoms with Gasteiger partial charge in [-0.3, -0.25) is 14.4 Å². The van der Waals surface area contributed by atoms with Crippen molar-refractivity contribution < 1.29 is 29.4 Å². The number of nitrogens with two attached hydrogens (primary N) is 2. The molecule has 0 aromatic heterocycles. The summed E-state index contributed by atoms with van der Waals surface area (Å²) in [5, 5.41) is 25.7. The molecule has 11 nitrogen and oxygen atoms in total. The van der Waals surface area contributed by atoms with E-state index >= 15 is 0 Å². The Labute approximate surface area is 164 Å². The van der Waals surface area contributed by atoms with E-state index in [4.69, 9.17) is 11.5 Å². The highest BCUT2D eigenvalue weighted by molar-refractivity contribution is 5.92. The van der Waals surface area contributed by atoms with Crippen LogP contribution in [0.15, 0.2) is 0 Å². The van der Waals surface area contributed by atoms with Gasteiger partial charge in [0, 0.05) is 0 Å². The molecule has 0 fully saturated rings. The van der Waals surface area contributed by atoms with Gasteiger partial charge in [0.1, 0.15) is 18.1 Å². The third-order valence-corrected chi connectivity index (χ3v) is 4.07. The molecule has 4 atom stereocenters. The molecule has 0 aliphatic heterocycles. The maximum absolute atomic E-state index is 12.4. The number of rotatable bonds is 13. The van der Waals surface area contributed by atoms with Crippen molar-refractivity contribution >= 4 is 23.7 Å². The average molecular weight is 403 g/mol. The summed E-state index contributed by atoms with van der Waals surface area (Å²) in [5.41, 5.74) is 10.8. The number of carbonyl (C=O) groups is 4. The van der Waals surface area contributed by atoms with Crippen molar-refractivity contribution in [3.05, 3.63) is 0 Å². The number of carboxylic acid groups (broad SMARTS) is 1. The second-order valence-corrected chi connectivity index (χ2v) is 6.96. The van der Waals surface area contributed by atoms with Gasteiger partial charge in [0.15, 0.2) is 0 Å². The third-order valence-electron chi connectivity index (χ3n) is 4.07. The zero-order chi connectivity index (χ0) is 21.9. The molecule has 0 spiro atoms. The molecular formula is C17H33N5O6. The Bertz CT molecular complexity index is 540. The van der Waals surface area contributed by atoms with Crippen LogP contribution >= 0.6 is 0 Å². The SMILES string of the molecule is CC(C)C(NC(=O)CNC(=O)C(N)C(C)O)C(=O)NC(CCCCN)C(=O)O. The van der Waals surface area contributed by atoms with Crippen molar-refractivity contribution in [3.63, 3.8) is 0 Å². The first-order chi connectivity index (χ1) is 13.0. The summed E-state index contributed by atoms with van der Waals surface area (Å²) in [4.78, 5) is 47.5. The van der Waals surface area contributed by atoms with Crippen LogP contribution in [0.4, 0.5) is 0 Å². The Morgan fingerprint density at radius 3 is 2.07 bits per heavy atom. The van der Waals surface area contributed by atoms with Crippen LogP contribution in [0.25, 0.3) is 0 Å². The minimum Gasteiger partial charge on any atom is -0.480 e. The molecule has 0 rings (SSSR count). The van der Waals surface area contributed by atoms with E-state index in [1.165, 1.54) is 6.92 Å². The van der Waals surface area contributed by atoms with Crippen molar-refractivity contribution in [2.45, 2.75) is 64.3 Å². The maximum atomic E-state index is 12.4. The third kappa shape index (κ3) is 9.62. The summed E-state index contributed by atoms with van der Waals surface area (Å²) in [6.07, 6.45) is 0.328. The fourth-order valence-electron chi connectivity index (χ4n) is 2.28. The van der Waals surface area contributed by atoms with Crippen LogP contribution in [0.3, 0.4) is 0 Å². The Hall–Kier alpha value is -2.24. The lowest BCUT2D eigenvalue weighted by molar-refractivity contribution is -0.142. The van der Waals surface area contributed by atoms with Crippen molar-refractivity contribution in [2.24, 2.45) is 17.4 Å². The molecule has 162 valence electrons. The summed E-state index contributed by atoms with van der Waals surface area (Å²) in [6.45, 7) is 4.72. The lowest BCUT2D eigenvalue weighted by Crippen LogP contribution is -2.56. The molecule has 0 aliphatic rings. The molecule has 9 N–H and O–H groups in total. The van der Waals surface area contributed by atoms with Crippen molar-refractivity contribution in [1.29, 1.82) is 0 Å².